The summed E-state index contributed by atoms with van der Waals surface area (Å²) in [7, 11) is 0. The second kappa shape index (κ2) is 13.7. The molecule has 3 atom stereocenters. The van der Waals surface area contributed by atoms with Gasteiger partial charge in [-0.2, -0.15) is 13.2 Å². The Morgan fingerprint density at radius 1 is 0.944 bits per heavy atom. The quantitative estimate of drug-likeness (QED) is 0.204. The molecule has 1 aliphatic heterocycles. The average molecular weight is 507 g/mol. The first-order valence-corrected chi connectivity index (χ1v) is 13.1. The molecule has 1 aliphatic rings. The second-order valence-electron chi connectivity index (χ2n) is 9.40. The third-order valence-corrected chi connectivity index (χ3v) is 6.62. The molecule has 0 unspecified atom stereocenters. The number of hydrogen-bond acceptors (Lipinski definition) is 4. The molecule has 0 bridgehead atoms. The molecule has 7 heteroatoms. The number of rotatable bonds is 13. The van der Waals surface area contributed by atoms with Crippen LogP contribution in [0, 0.1) is 5.92 Å². The number of esters is 1. The largest absolute Gasteiger partial charge is 0.494 e. The molecule has 36 heavy (non-hydrogen) atoms. The number of carbonyl (C=O) groups excluding carboxylic acids is 1. The fraction of sp³-hybridized carbons (Fsp3) is 0.552. The van der Waals surface area contributed by atoms with Gasteiger partial charge >= 0.3 is 12.1 Å². The van der Waals surface area contributed by atoms with Gasteiger partial charge in [0.1, 0.15) is 11.9 Å². The van der Waals surface area contributed by atoms with Crippen molar-refractivity contribution in [3.05, 3.63) is 54.1 Å². The number of unbranched alkanes of at least 4 members (excludes halogenated alkanes) is 4. The summed E-state index contributed by atoms with van der Waals surface area (Å²) >= 11 is 0. The van der Waals surface area contributed by atoms with Gasteiger partial charge in [0, 0.05) is 6.61 Å². The number of hydrogen-bond donors (Lipinski definition) is 0. The summed E-state index contributed by atoms with van der Waals surface area (Å²) in [4.78, 5) is 12.6. The lowest BCUT2D eigenvalue weighted by atomic mass is 9.91. The molecule has 1 fully saturated rings. The normalized spacial score (nSPS) is 18.7. The van der Waals surface area contributed by atoms with E-state index in [1.165, 1.54) is 25.0 Å². The minimum atomic E-state index is -4.70. The molecule has 4 nitrogen and oxygen atoms in total. The maximum absolute atomic E-state index is 13.8. The lowest BCUT2D eigenvalue weighted by molar-refractivity contribution is -0.235. The van der Waals surface area contributed by atoms with Crippen LogP contribution >= 0.6 is 0 Å². The zero-order valence-corrected chi connectivity index (χ0v) is 21.2. The molecule has 2 aromatic rings. The van der Waals surface area contributed by atoms with Crippen molar-refractivity contribution in [3.63, 3.8) is 0 Å². The molecule has 0 radical (unpaired) electrons. The number of alkyl halides is 3. The highest BCUT2D eigenvalue weighted by Crippen LogP contribution is 2.37. The zero-order valence-electron chi connectivity index (χ0n) is 21.2. The van der Waals surface area contributed by atoms with Crippen molar-refractivity contribution >= 4 is 5.97 Å². The summed E-state index contributed by atoms with van der Waals surface area (Å²) in [6, 6.07) is 14.0. The third-order valence-electron chi connectivity index (χ3n) is 6.62. The molecule has 3 rings (SSSR count). The Morgan fingerprint density at radius 2 is 1.58 bits per heavy atom. The van der Waals surface area contributed by atoms with Crippen LogP contribution in [-0.2, 0) is 9.47 Å². The van der Waals surface area contributed by atoms with Gasteiger partial charge in [-0.25, -0.2) is 4.79 Å². The highest BCUT2D eigenvalue weighted by atomic mass is 19.4. The van der Waals surface area contributed by atoms with E-state index in [1.54, 1.807) is 12.1 Å². The van der Waals surface area contributed by atoms with Crippen molar-refractivity contribution in [2.45, 2.75) is 83.6 Å². The van der Waals surface area contributed by atoms with E-state index in [0.717, 1.165) is 42.6 Å². The SMILES string of the molecule is CCCCCCOc1ccc(-c2ccc(C(=O)O[C@H]([C@@H]3OCC[C@H]3CCCC)C(F)(F)F)cc2)cc1. The Morgan fingerprint density at radius 3 is 2.19 bits per heavy atom. The lowest BCUT2D eigenvalue weighted by Crippen LogP contribution is -2.46. The first kappa shape index (κ1) is 28.0. The second-order valence-corrected chi connectivity index (χ2v) is 9.40. The summed E-state index contributed by atoms with van der Waals surface area (Å²) in [6.07, 6.45) is -0.689. The Bertz CT molecular complexity index is 925. The van der Waals surface area contributed by atoms with Crippen molar-refractivity contribution in [2.75, 3.05) is 13.2 Å². The van der Waals surface area contributed by atoms with Crippen LogP contribution in [0.1, 0.15) is 75.6 Å². The molecule has 0 spiro atoms. The van der Waals surface area contributed by atoms with Gasteiger partial charge in [0.05, 0.1) is 12.2 Å². The van der Waals surface area contributed by atoms with Crippen LogP contribution < -0.4 is 4.74 Å². The van der Waals surface area contributed by atoms with Crippen LogP contribution in [0.2, 0.25) is 0 Å². The van der Waals surface area contributed by atoms with Crippen molar-refractivity contribution in [1.29, 1.82) is 0 Å². The van der Waals surface area contributed by atoms with Gasteiger partial charge in [-0.15, -0.1) is 0 Å². The molecule has 0 aliphatic carbocycles. The highest BCUT2D eigenvalue weighted by Gasteiger charge is 2.52. The molecule has 1 saturated heterocycles. The number of halogens is 3. The smallest absolute Gasteiger partial charge is 0.428 e. The van der Waals surface area contributed by atoms with Crippen LogP contribution in [-0.4, -0.2) is 37.6 Å². The minimum Gasteiger partial charge on any atom is -0.494 e. The van der Waals surface area contributed by atoms with E-state index in [-0.39, 0.29) is 18.1 Å². The molecule has 0 N–H and O–H groups in total. The average Bonchev–Trinajstić information content (AvgIpc) is 3.33. The van der Waals surface area contributed by atoms with Crippen LogP contribution in [0.4, 0.5) is 13.2 Å². The summed E-state index contributed by atoms with van der Waals surface area (Å²) in [5, 5.41) is 0. The van der Waals surface area contributed by atoms with Gasteiger partial charge in [0.2, 0.25) is 6.10 Å². The maximum Gasteiger partial charge on any atom is 0.428 e. The summed E-state index contributed by atoms with van der Waals surface area (Å²) in [5.74, 6) is -0.476. The molecule has 0 aromatic heterocycles. The van der Waals surface area contributed by atoms with Crippen molar-refractivity contribution in [3.8, 4) is 16.9 Å². The number of carbonyl (C=O) groups is 1. The van der Waals surface area contributed by atoms with E-state index >= 15 is 0 Å². The van der Waals surface area contributed by atoms with Gasteiger partial charge in [-0.3, -0.25) is 0 Å². The van der Waals surface area contributed by atoms with Crippen molar-refractivity contribution in [1.82, 2.24) is 0 Å². The monoisotopic (exact) mass is 506 g/mol. The van der Waals surface area contributed by atoms with Gasteiger partial charge in [-0.1, -0.05) is 70.2 Å². The van der Waals surface area contributed by atoms with Crippen LogP contribution in [0.5, 0.6) is 5.75 Å². The van der Waals surface area contributed by atoms with Gasteiger partial charge in [0.25, 0.3) is 0 Å². The van der Waals surface area contributed by atoms with E-state index in [1.807, 2.05) is 31.2 Å². The molecular weight excluding hydrogens is 469 g/mol. The van der Waals surface area contributed by atoms with Crippen LogP contribution in [0.15, 0.2) is 48.5 Å². The summed E-state index contributed by atoms with van der Waals surface area (Å²) in [6.45, 7) is 5.09. The Labute approximate surface area is 212 Å². The van der Waals surface area contributed by atoms with E-state index in [4.69, 9.17) is 14.2 Å². The summed E-state index contributed by atoms with van der Waals surface area (Å²) in [5.41, 5.74) is 1.83. The first-order valence-electron chi connectivity index (χ1n) is 13.1. The third kappa shape index (κ3) is 7.99. The molecule has 1 heterocycles. The molecule has 0 saturated carbocycles. The Kier molecular flexibility index (Phi) is 10.7. The van der Waals surface area contributed by atoms with E-state index in [2.05, 4.69) is 6.92 Å². The zero-order chi connectivity index (χ0) is 26.0. The highest BCUT2D eigenvalue weighted by molar-refractivity contribution is 5.90. The van der Waals surface area contributed by atoms with Crippen LogP contribution in [0.25, 0.3) is 11.1 Å². The topological polar surface area (TPSA) is 44.8 Å². The fourth-order valence-electron chi connectivity index (χ4n) is 4.53. The molecular formula is C29H37F3O4. The van der Waals surface area contributed by atoms with E-state index in [9.17, 15) is 18.0 Å². The predicted octanol–water partition coefficient (Wildman–Crippen LogP) is 8.00. The summed E-state index contributed by atoms with van der Waals surface area (Å²) < 4.78 is 57.7. The Hall–Kier alpha value is -2.54. The van der Waals surface area contributed by atoms with Gasteiger partial charge in [-0.05, 0) is 60.6 Å². The minimum absolute atomic E-state index is 0.0723. The standard InChI is InChI=1S/C29H37F3O4/c1-3-5-7-8-19-34-25-16-14-22(15-17-25)21-10-12-24(13-11-21)28(33)36-27(29(30,31)32)26-23(9-6-4-2)18-20-35-26/h10-17,23,26-27H,3-9,18-20H2,1-2H3/t23-,26-,27-/m1/s1. The van der Waals surface area contributed by atoms with Gasteiger partial charge < -0.3 is 14.2 Å². The maximum atomic E-state index is 13.8. The molecule has 0 amide bonds. The van der Waals surface area contributed by atoms with Gasteiger partial charge in [0.15, 0.2) is 0 Å². The van der Waals surface area contributed by atoms with E-state index < -0.39 is 24.4 Å². The number of benzene rings is 2. The lowest BCUT2D eigenvalue weighted by Gasteiger charge is -2.29. The van der Waals surface area contributed by atoms with Crippen molar-refractivity contribution in [2.24, 2.45) is 5.92 Å². The number of ether oxygens (including phenoxy) is 3. The van der Waals surface area contributed by atoms with Crippen molar-refractivity contribution < 1.29 is 32.2 Å². The predicted molar refractivity (Wildman–Crippen MR) is 134 cm³/mol. The van der Waals surface area contributed by atoms with E-state index in [0.29, 0.717) is 19.4 Å². The van der Waals surface area contributed by atoms with Crippen LogP contribution in [0.3, 0.4) is 0 Å². The molecule has 198 valence electrons. The Balaban J connectivity index is 1.61. The molecule has 2 aromatic carbocycles. The first-order chi connectivity index (χ1) is 17.3. The fourth-order valence-corrected chi connectivity index (χ4v) is 4.53.